The van der Waals surface area contributed by atoms with Crippen LogP contribution in [0.15, 0.2) is 42.6 Å². The first-order valence-corrected chi connectivity index (χ1v) is 7.44. The second-order valence-corrected chi connectivity index (χ2v) is 5.62. The number of nitrogens with one attached hydrogen (secondary N) is 1. The summed E-state index contributed by atoms with van der Waals surface area (Å²) in [5, 5.41) is 14.5. The zero-order valence-corrected chi connectivity index (χ0v) is 12.9. The van der Waals surface area contributed by atoms with Gasteiger partial charge in [0.1, 0.15) is 0 Å². The fourth-order valence-corrected chi connectivity index (χ4v) is 3.09. The van der Waals surface area contributed by atoms with E-state index in [9.17, 15) is 10.1 Å². The molecule has 22 heavy (non-hydrogen) atoms. The van der Waals surface area contributed by atoms with Crippen molar-refractivity contribution < 1.29 is 4.92 Å². The number of nitrogens with zero attached hydrogens (tertiary/aromatic N) is 3. The van der Waals surface area contributed by atoms with E-state index in [0.717, 1.165) is 18.8 Å². The molecule has 1 atom stereocenters. The number of hydrogen-bond donors (Lipinski definition) is 1. The standard InChI is InChI=1S/C15H16N4O2S/c1-11-14-3-2-8-17(14)9-10-18(11)15(22)16-12-4-6-13(7-5-12)19(20)21/h2-8,11H,9-10H2,1H3,(H,16,22)/t11-/m0/s1. The fourth-order valence-electron chi connectivity index (χ4n) is 2.72. The molecule has 0 radical (unpaired) electrons. The van der Waals surface area contributed by atoms with E-state index in [1.807, 2.05) is 6.07 Å². The van der Waals surface area contributed by atoms with Crippen molar-refractivity contribution in [2.45, 2.75) is 19.5 Å². The molecule has 1 aromatic carbocycles. The third kappa shape index (κ3) is 2.67. The van der Waals surface area contributed by atoms with Crippen LogP contribution in [0.3, 0.4) is 0 Å². The van der Waals surface area contributed by atoms with Crippen LogP contribution in [0.5, 0.6) is 0 Å². The lowest BCUT2D eigenvalue weighted by atomic mass is 10.1. The molecule has 7 heteroatoms. The maximum atomic E-state index is 10.7. The van der Waals surface area contributed by atoms with E-state index in [-0.39, 0.29) is 11.7 Å². The van der Waals surface area contributed by atoms with Crippen molar-refractivity contribution in [3.8, 4) is 0 Å². The molecule has 2 aromatic rings. The normalized spacial score (nSPS) is 17.0. The maximum absolute atomic E-state index is 10.7. The molecule has 0 amide bonds. The molecule has 0 aliphatic carbocycles. The molecule has 3 rings (SSSR count). The number of fused-ring (bicyclic) bond motifs is 1. The Morgan fingerprint density at radius 2 is 2.05 bits per heavy atom. The maximum Gasteiger partial charge on any atom is 0.269 e. The molecule has 114 valence electrons. The monoisotopic (exact) mass is 316 g/mol. The van der Waals surface area contributed by atoms with Crippen LogP contribution < -0.4 is 5.32 Å². The number of anilines is 1. The minimum Gasteiger partial charge on any atom is -0.348 e. The van der Waals surface area contributed by atoms with E-state index in [2.05, 4.69) is 34.0 Å². The van der Waals surface area contributed by atoms with E-state index in [4.69, 9.17) is 12.2 Å². The molecular weight excluding hydrogens is 300 g/mol. The molecule has 0 unspecified atom stereocenters. The molecule has 1 aliphatic heterocycles. The first-order valence-electron chi connectivity index (χ1n) is 7.03. The van der Waals surface area contributed by atoms with Gasteiger partial charge in [0, 0.05) is 42.8 Å². The van der Waals surface area contributed by atoms with Crippen molar-refractivity contribution >= 4 is 28.7 Å². The smallest absolute Gasteiger partial charge is 0.269 e. The van der Waals surface area contributed by atoms with Crippen LogP contribution in [-0.2, 0) is 6.54 Å². The molecule has 2 heterocycles. The number of thiocarbonyl (C=S) groups is 1. The number of benzene rings is 1. The van der Waals surface area contributed by atoms with Crippen molar-refractivity contribution in [1.82, 2.24) is 9.47 Å². The van der Waals surface area contributed by atoms with Gasteiger partial charge < -0.3 is 14.8 Å². The van der Waals surface area contributed by atoms with Gasteiger partial charge in [-0.25, -0.2) is 0 Å². The molecule has 6 nitrogen and oxygen atoms in total. The van der Waals surface area contributed by atoms with Crippen molar-refractivity contribution in [3.05, 3.63) is 58.4 Å². The van der Waals surface area contributed by atoms with Crippen LogP contribution in [0.2, 0.25) is 0 Å². The van der Waals surface area contributed by atoms with Crippen molar-refractivity contribution in [2.24, 2.45) is 0 Å². The Hall–Kier alpha value is -2.41. The summed E-state index contributed by atoms with van der Waals surface area (Å²) in [5.74, 6) is 0. The highest BCUT2D eigenvalue weighted by Gasteiger charge is 2.25. The summed E-state index contributed by atoms with van der Waals surface area (Å²) in [7, 11) is 0. The number of nitro benzene ring substituents is 1. The number of nitro groups is 1. The first-order chi connectivity index (χ1) is 10.6. The van der Waals surface area contributed by atoms with Crippen LogP contribution in [0.4, 0.5) is 11.4 Å². The van der Waals surface area contributed by atoms with Crippen LogP contribution in [0, 0.1) is 10.1 Å². The van der Waals surface area contributed by atoms with E-state index < -0.39 is 4.92 Å². The molecule has 1 aromatic heterocycles. The molecule has 0 saturated carbocycles. The summed E-state index contributed by atoms with van der Waals surface area (Å²) < 4.78 is 2.23. The first kappa shape index (κ1) is 14.5. The summed E-state index contributed by atoms with van der Waals surface area (Å²) >= 11 is 5.49. The van der Waals surface area contributed by atoms with Gasteiger partial charge in [0.15, 0.2) is 5.11 Å². The Labute approximate surface area is 133 Å². The van der Waals surface area contributed by atoms with Crippen LogP contribution in [0.25, 0.3) is 0 Å². The highest BCUT2D eigenvalue weighted by atomic mass is 32.1. The number of aromatic nitrogens is 1. The quantitative estimate of drug-likeness (QED) is 0.524. The van der Waals surface area contributed by atoms with E-state index in [0.29, 0.717) is 5.11 Å². The third-order valence-corrected chi connectivity index (χ3v) is 4.27. The van der Waals surface area contributed by atoms with Crippen LogP contribution in [0.1, 0.15) is 18.7 Å². The third-order valence-electron chi connectivity index (χ3n) is 3.93. The van der Waals surface area contributed by atoms with Crippen LogP contribution >= 0.6 is 12.2 Å². The minimum atomic E-state index is -0.414. The highest BCUT2D eigenvalue weighted by molar-refractivity contribution is 7.80. The predicted molar refractivity (Wildman–Crippen MR) is 88.9 cm³/mol. The van der Waals surface area contributed by atoms with Gasteiger partial charge in [0.2, 0.25) is 0 Å². The van der Waals surface area contributed by atoms with Crippen molar-refractivity contribution in [2.75, 3.05) is 11.9 Å². The minimum absolute atomic E-state index is 0.0700. The lowest BCUT2D eigenvalue weighted by Crippen LogP contribution is -2.42. The lowest BCUT2D eigenvalue weighted by Gasteiger charge is -2.36. The summed E-state index contributed by atoms with van der Waals surface area (Å²) in [6.45, 7) is 3.85. The lowest BCUT2D eigenvalue weighted by molar-refractivity contribution is -0.384. The molecule has 1 aliphatic rings. The van der Waals surface area contributed by atoms with E-state index in [1.165, 1.54) is 17.8 Å². The van der Waals surface area contributed by atoms with Gasteiger partial charge in [-0.1, -0.05) is 0 Å². The summed E-state index contributed by atoms with van der Waals surface area (Å²) in [6.07, 6.45) is 2.08. The zero-order valence-electron chi connectivity index (χ0n) is 12.1. The van der Waals surface area contributed by atoms with E-state index in [1.54, 1.807) is 12.1 Å². The number of rotatable bonds is 2. The van der Waals surface area contributed by atoms with Gasteiger partial charge in [-0.15, -0.1) is 0 Å². The van der Waals surface area contributed by atoms with Crippen LogP contribution in [-0.4, -0.2) is 26.0 Å². The molecule has 0 saturated heterocycles. The zero-order chi connectivity index (χ0) is 15.7. The van der Waals surface area contributed by atoms with Gasteiger partial charge in [-0.2, -0.15) is 0 Å². The SMILES string of the molecule is C[C@H]1c2cccn2CCN1C(=S)Nc1ccc([N+](=O)[O-])cc1. The van der Waals surface area contributed by atoms with Crippen molar-refractivity contribution in [1.29, 1.82) is 0 Å². The van der Waals surface area contributed by atoms with Gasteiger partial charge in [0.25, 0.3) is 5.69 Å². The van der Waals surface area contributed by atoms with Gasteiger partial charge in [-0.05, 0) is 43.4 Å². The Kier molecular flexibility index (Phi) is 3.81. The molecule has 0 fully saturated rings. The molecular formula is C15H16N4O2S. The summed E-state index contributed by atoms with van der Waals surface area (Å²) in [4.78, 5) is 12.4. The Balaban J connectivity index is 1.71. The summed E-state index contributed by atoms with van der Waals surface area (Å²) in [5.41, 5.74) is 2.06. The average Bonchev–Trinajstić information content (AvgIpc) is 2.97. The number of hydrogen-bond acceptors (Lipinski definition) is 3. The second-order valence-electron chi connectivity index (χ2n) is 5.23. The fraction of sp³-hybridized carbons (Fsp3) is 0.267. The van der Waals surface area contributed by atoms with Gasteiger partial charge in [0.05, 0.1) is 11.0 Å². The van der Waals surface area contributed by atoms with E-state index >= 15 is 0 Å². The Morgan fingerprint density at radius 1 is 1.32 bits per heavy atom. The van der Waals surface area contributed by atoms with Gasteiger partial charge >= 0.3 is 0 Å². The molecule has 1 N–H and O–H groups in total. The molecule has 0 bridgehead atoms. The highest BCUT2D eigenvalue weighted by Crippen LogP contribution is 2.26. The predicted octanol–water partition coefficient (Wildman–Crippen LogP) is 3.17. The second kappa shape index (κ2) is 5.76. The number of non-ortho nitro benzene ring substituents is 1. The van der Waals surface area contributed by atoms with Gasteiger partial charge in [-0.3, -0.25) is 10.1 Å². The molecule has 0 spiro atoms. The average molecular weight is 316 g/mol. The summed E-state index contributed by atoms with van der Waals surface area (Å²) in [6, 6.07) is 10.6. The Morgan fingerprint density at radius 3 is 2.73 bits per heavy atom. The topological polar surface area (TPSA) is 63.3 Å². The Bertz CT molecular complexity index is 711. The largest absolute Gasteiger partial charge is 0.348 e. The van der Waals surface area contributed by atoms with Crippen molar-refractivity contribution in [3.63, 3.8) is 0 Å².